The lowest BCUT2D eigenvalue weighted by molar-refractivity contribution is -0.0000252. The summed E-state index contributed by atoms with van der Waals surface area (Å²) in [7, 11) is 0.119. The predicted molar refractivity (Wildman–Crippen MR) is 153 cm³/mol. The van der Waals surface area contributed by atoms with Gasteiger partial charge in [-0.25, -0.2) is 18.2 Å². The molecule has 2 heterocycles. The number of likely N-dealkylation sites (N-methyl/N-ethyl adjacent to an activating group) is 1. The summed E-state index contributed by atoms with van der Waals surface area (Å²) in [4.78, 5) is 35.6. The average Bonchev–Trinajstić information content (AvgIpc) is 3.36. The van der Waals surface area contributed by atoms with Gasteiger partial charge in [-0.05, 0) is 69.4 Å². The van der Waals surface area contributed by atoms with Gasteiger partial charge in [-0.2, -0.15) is 4.31 Å². The molecule has 10 nitrogen and oxygen atoms in total. The van der Waals surface area contributed by atoms with E-state index in [1.165, 1.54) is 38.2 Å². The third-order valence-corrected chi connectivity index (χ3v) is 9.55. The molecule has 0 N–H and O–H groups in total. The van der Waals surface area contributed by atoms with Crippen LogP contribution in [-0.4, -0.2) is 99.5 Å². The first-order chi connectivity index (χ1) is 18.6. The maximum Gasteiger partial charge on any atom is 0.409 e. The molecule has 4 rings (SSSR count). The second-order valence-corrected chi connectivity index (χ2v) is 12.5. The number of anilines is 1. The minimum absolute atomic E-state index is 0. The minimum atomic E-state index is -3.77. The molecule has 0 radical (unpaired) electrons. The van der Waals surface area contributed by atoms with Gasteiger partial charge in [0.15, 0.2) is 5.13 Å². The molecule has 0 spiro atoms. The number of fused-ring (bicyclic) bond motifs is 1. The number of aryl methyl sites for hydroxylation is 1. The van der Waals surface area contributed by atoms with Crippen LogP contribution in [0.3, 0.4) is 0 Å². The van der Waals surface area contributed by atoms with Crippen molar-refractivity contribution in [3.05, 3.63) is 53.6 Å². The summed E-state index contributed by atoms with van der Waals surface area (Å²) >= 11 is 1.48. The second-order valence-electron chi connectivity index (χ2n) is 9.53. The number of aromatic nitrogens is 1. The Kier molecular flexibility index (Phi) is 10.9. The van der Waals surface area contributed by atoms with E-state index in [1.54, 1.807) is 24.0 Å². The Labute approximate surface area is 246 Å². The lowest BCUT2D eigenvalue weighted by Gasteiger charge is -2.33. The molecule has 0 unspecified atom stereocenters. The van der Waals surface area contributed by atoms with Gasteiger partial charge in [0, 0.05) is 44.8 Å². The molecule has 1 aromatic heterocycles. The number of hydrogen-bond donors (Lipinski definition) is 0. The summed E-state index contributed by atoms with van der Waals surface area (Å²) in [6.45, 7) is 6.07. The highest BCUT2D eigenvalue weighted by Gasteiger charge is 2.31. The third-order valence-electron chi connectivity index (χ3n) is 6.60. The van der Waals surface area contributed by atoms with Crippen LogP contribution in [0.1, 0.15) is 29.8 Å². The molecule has 13 heteroatoms. The van der Waals surface area contributed by atoms with E-state index in [1.807, 2.05) is 31.1 Å². The van der Waals surface area contributed by atoms with Crippen LogP contribution >= 0.6 is 11.3 Å². The number of sulfonamides is 1. The van der Waals surface area contributed by atoms with Crippen LogP contribution in [0.4, 0.5) is 9.93 Å². The molecule has 1 saturated heterocycles. The number of carbonyl (C=O) groups excluding carboxylic acids is 2. The van der Waals surface area contributed by atoms with E-state index < -0.39 is 16.1 Å². The Hall–Kier alpha value is -2.77. The largest absolute Gasteiger partial charge is 1.00 e. The standard InChI is InChI=1S/C27H35N5O5S2.ClH/c1-5-20-7-12-23-24(19-20)38-26(28-23)32(18-13-29(3)4)25(33)21-8-10-22(11-9-21)39(35,36)31-16-14-30(15-17-31)27(34)37-6-2;/h7-12,19H,5-6,13-18H2,1-4H3;1H/p-1. The van der Waals surface area contributed by atoms with Crippen LogP contribution < -0.4 is 17.3 Å². The molecular formula is C27H35ClN5O5S2-. The molecular weight excluding hydrogens is 574 g/mol. The number of carbonyl (C=O) groups is 2. The average molecular weight is 609 g/mol. The van der Waals surface area contributed by atoms with Gasteiger partial charge in [-0.15, -0.1) is 0 Å². The Morgan fingerprint density at radius 1 is 1.00 bits per heavy atom. The lowest BCUT2D eigenvalue weighted by Crippen LogP contribution is -3.00. The van der Waals surface area contributed by atoms with Crippen molar-refractivity contribution in [1.82, 2.24) is 19.1 Å². The fourth-order valence-corrected chi connectivity index (χ4v) is 6.75. The Morgan fingerprint density at radius 2 is 1.68 bits per heavy atom. The van der Waals surface area contributed by atoms with E-state index in [-0.39, 0.29) is 56.0 Å². The molecule has 40 heavy (non-hydrogen) atoms. The molecule has 0 saturated carbocycles. The van der Waals surface area contributed by atoms with Crippen molar-refractivity contribution >= 4 is 48.7 Å². The smallest absolute Gasteiger partial charge is 0.409 e. The second kappa shape index (κ2) is 13.7. The number of halogens is 1. The van der Waals surface area contributed by atoms with Crippen molar-refractivity contribution in [2.24, 2.45) is 0 Å². The number of hydrogen-bond acceptors (Lipinski definition) is 8. The fraction of sp³-hybridized carbons (Fsp3) is 0.444. The Morgan fingerprint density at radius 3 is 2.27 bits per heavy atom. The van der Waals surface area contributed by atoms with Crippen LogP contribution in [0.2, 0.25) is 0 Å². The van der Waals surface area contributed by atoms with Crippen LogP contribution in [0.5, 0.6) is 0 Å². The maximum absolute atomic E-state index is 13.6. The highest BCUT2D eigenvalue weighted by molar-refractivity contribution is 7.89. The Balaban J connectivity index is 0.00000441. The zero-order valence-corrected chi connectivity index (χ0v) is 25.6. The van der Waals surface area contributed by atoms with E-state index in [9.17, 15) is 18.0 Å². The first-order valence-corrected chi connectivity index (χ1v) is 15.3. The van der Waals surface area contributed by atoms with Gasteiger partial charge in [0.1, 0.15) is 0 Å². The number of benzene rings is 2. The molecule has 1 fully saturated rings. The number of rotatable bonds is 9. The molecule has 0 bridgehead atoms. The van der Waals surface area contributed by atoms with Crippen molar-refractivity contribution < 1.29 is 35.2 Å². The van der Waals surface area contributed by atoms with Gasteiger partial charge in [0.05, 0.1) is 21.7 Å². The van der Waals surface area contributed by atoms with Crippen molar-refractivity contribution in [2.45, 2.75) is 25.2 Å². The maximum atomic E-state index is 13.6. The molecule has 0 atom stereocenters. The summed E-state index contributed by atoms with van der Waals surface area (Å²) in [5, 5.41) is 0.612. The summed E-state index contributed by atoms with van der Waals surface area (Å²) < 4.78 is 33.9. The molecule has 1 aliphatic rings. The summed E-state index contributed by atoms with van der Waals surface area (Å²) in [6, 6.07) is 12.2. The summed E-state index contributed by atoms with van der Waals surface area (Å²) in [5.74, 6) is -0.237. The van der Waals surface area contributed by atoms with Crippen molar-refractivity contribution in [3.63, 3.8) is 0 Å². The molecule has 218 valence electrons. The highest BCUT2D eigenvalue weighted by atomic mass is 35.5. The SMILES string of the molecule is CCOC(=O)N1CCN(S(=O)(=O)c2ccc(C(=O)N(CCN(C)C)c3nc4ccc(CC)cc4s3)cc2)CC1.[Cl-]. The van der Waals surface area contributed by atoms with E-state index in [0.29, 0.717) is 23.8 Å². The van der Waals surface area contributed by atoms with Crippen molar-refractivity contribution in [1.29, 1.82) is 0 Å². The van der Waals surface area contributed by atoms with Gasteiger partial charge < -0.3 is 26.9 Å². The van der Waals surface area contributed by atoms with E-state index in [0.717, 1.165) is 16.6 Å². The molecule has 1 aliphatic heterocycles. The van der Waals surface area contributed by atoms with Crippen LogP contribution in [0.15, 0.2) is 47.4 Å². The first kappa shape index (κ1) is 31.8. The van der Waals surface area contributed by atoms with Gasteiger partial charge in [0.2, 0.25) is 10.0 Å². The number of ether oxygens (including phenoxy) is 1. The summed E-state index contributed by atoms with van der Waals surface area (Å²) in [6.07, 6.45) is 0.484. The monoisotopic (exact) mass is 608 g/mol. The summed E-state index contributed by atoms with van der Waals surface area (Å²) in [5.41, 5.74) is 2.44. The fourth-order valence-electron chi connectivity index (χ4n) is 4.28. The molecule has 0 aliphatic carbocycles. The number of piperazine rings is 1. The molecule has 2 amide bonds. The van der Waals surface area contributed by atoms with Gasteiger partial charge in [0.25, 0.3) is 5.91 Å². The minimum Gasteiger partial charge on any atom is -1.00 e. The number of thiazole rings is 1. The topological polar surface area (TPSA) is 103 Å². The Bertz CT molecular complexity index is 1420. The van der Waals surface area contributed by atoms with Crippen LogP contribution in [0.25, 0.3) is 10.2 Å². The van der Waals surface area contributed by atoms with Gasteiger partial charge in [-0.3, -0.25) is 9.69 Å². The van der Waals surface area contributed by atoms with Crippen LogP contribution in [0, 0.1) is 0 Å². The number of amides is 2. The molecule has 3 aromatic rings. The highest BCUT2D eigenvalue weighted by Crippen LogP contribution is 2.31. The quantitative estimate of drug-likeness (QED) is 0.349. The zero-order chi connectivity index (χ0) is 28.2. The van der Waals surface area contributed by atoms with Gasteiger partial charge in [-0.1, -0.05) is 24.3 Å². The number of nitrogens with zero attached hydrogens (tertiary/aromatic N) is 5. The molecule has 2 aromatic carbocycles. The van der Waals surface area contributed by atoms with E-state index in [2.05, 4.69) is 13.0 Å². The lowest BCUT2D eigenvalue weighted by atomic mass is 10.2. The van der Waals surface area contributed by atoms with E-state index >= 15 is 0 Å². The van der Waals surface area contributed by atoms with Crippen LogP contribution in [-0.2, 0) is 21.2 Å². The predicted octanol–water partition coefficient (Wildman–Crippen LogP) is 0.534. The van der Waals surface area contributed by atoms with Gasteiger partial charge >= 0.3 is 6.09 Å². The van der Waals surface area contributed by atoms with Crippen molar-refractivity contribution in [2.75, 3.05) is 64.9 Å². The zero-order valence-electron chi connectivity index (χ0n) is 23.2. The van der Waals surface area contributed by atoms with Crippen molar-refractivity contribution in [3.8, 4) is 0 Å². The first-order valence-electron chi connectivity index (χ1n) is 13.0. The third kappa shape index (κ3) is 7.10. The normalized spacial score (nSPS) is 14.3. The van der Waals surface area contributed by atoms with E-state index in [4.69, 9.17) is 9.72 Å².